The first-order chi connectivity index (χ1) is 12.2. The van der Waals surface area contributed by atoms with E-state index in [1.165, 1.54) is 12.1 Å². The first-order valence-corrected chi connectivity index (χ1v) is 9.37. The van der Waals surface area contributed by atoms with Crippen LogP contribution in [0.1, 0.15) is 11.3 Å². The van der Waals surface area contributed by atoms with Crippen LogP contribution < -0.4 is 15.8 Å². The van der Waals surface area contributed by atoms with Crippen molar-refractivity contribution < 1.29 is 8.42 Å². The van der Waals surface area contributed by atoms with Crippen LogP contribution in [-0.4, -0.2) is 28.6 Å². The third-order valence-electron chi connectivity index (χ3n) is 3.65. The second-order valence-corrected chi connectivity index (χ2v) is 7.46. The smallest absolute Gasteiger partial charge is 0.239 e. The van der Waals surface area contributed by atoms with Gasteiger partial charge in [0.05, 0.1) is 5.02 Å². The molecule has 0 bridgehead atoms. The molecule has 3 aromatic rings. The van der Waals surface area contributed by atoms with Crippen LogP contribution in [0.3, 0.4) is 0 Å². The van der Waals surface area contributed by atoms with Crippen molar-refractivity contribution in [2.24, 2.45) is 5.14 Å². The fraction of sp³-hybridized carbons (Fsp3) is 0.133. The average Bonchev–Trinajstić information content (AvgIpc) is 2.88. The van der Waals surface area contributed by atoms with Gasteiger partial charge in [-0.15, -0.1) is 0 Å². The summed E-state index contributed by atoms with van der Waals surface area (Å²) >= 11 is 5.88. The van der Waals surface area contributed by atoms with Gasteiger partial charge in [0.15, 0.2) is 5.82 Å². The SMILES string of the molecule is Cc1[nH]nc(Nc2ccnc(Nc3ccc(Cl)c(S(N)(=O)=O)c3)n2)c1C. The first-order valence-electron chi connectivity index (χ1n) is 7.45. The standard InChI is InChI=1S/C15H16ClN7O2S/c1-8-9(2)22-23-14(8)20-13-5-6-18-15(21-13)19-10-3-4-11(16)12(7-10)26(17,24)25/h3-7H,1-2H3,(H2,17,24,25)(H3,18,19,20,21,22,23). The van der Waals surface area contributed by atoms with Gasteiger partial charge in [-0.25, -0.2) is 18.5 Å². The molecule has 0 aliphatic heterocycles. The molecule has 0 spiro atoms. The predicted molar refractivity (Wildman–Crippen MR) is 99.5 cm³/mol. The van der Waals surface area contributed by atoms with Crippen molar-refractivity contribution in [2.45, 2.75) is 18.7 Å². The number of anilines is 4. The first kappa shape index (κ1) is 18.1. The number of hydrogen-bond acceptors (Lipinski definition) is 7. The Kier molecular flexibility index (Phi) is 4.81. The Morgan fingerprint density at radius 3 is 2.62 bits per heavy atom. The van der Waals surface area contributed by atoms with E-state index in [2.05, 4.69) is 30.8 Å². The van der Waals surface area contributed by atoms with E-state index in [1.54, 1.807) is 18.3 Å². The highest BCUT2D eigenvalue weighted by molar-refractivity contribution is 7.89. The number of nitrogens with one attached hydrogen (secondary N) is 3. The fourth-order valence-electron chi connectivity index (χ4n) is 2.14. The van der Waals surface area contributed by atoms with Crippen molar-refractivity contribution in [3.63, 3.8) is 0 Å². The van der Waals surface area contributed by atoms with Crippen LogP contribution in [0.2, 0.25) is 5.02 Å². The van der Waals surface area contributed by atoms with Crippen molar-refractivity contribution in [3.05, 3.63) is 46.7 Å². The zero-order valence-corrected chi connectivity index (χ0v) is 15.5. The topological polar surface area (TPSA) is 139 Å². The maximum atomic E-state index is 11.6. The van der Waals surface area contributed by atoms with Gasteiger partial charge in [-0.3, -0.25) is 5.10 Å². The summed E-state index contributed by atoms with van der Waals surface area (Å²) in [4.78, 5) is 8.26. The third kappa shape index (κ3) is 3.93. The third-order valence-corrected chi connectivity index (χ3v) is 5.04. The summed E-state index contributed by atoms with van der Waals surface area (Å²) in [7, 11) is -3.94. The maximum Gasteiger partial charge on any atom is 0.239 e. The summed E-state index contributed by atoms with van der Waals surface area (Å²) in [6, 6.07) is 6.04. The number of benzene rings is 1. The normalized spacial score (nSPS) is 11.4. The van der Waals surface area contributed by atoms with Crippen LogP contribution >= 0.6 is 11.6 Å². The van der Waals surface area contributed by atoms with Gasteiger partial charge in [-0.1, -0.05) is 11.6 Å². The molecule has 11 heteroatoms. The van der Waals surface area contributed by atoms with E-state index < -0.39 is 10.0 Å². The molecule has 3 rings (SSSR count). The predicted octanol–water partition coefficient (Wildman–Crippen LogP) is 2.60. The van der Waals surface area contributed by atoms with Crippen LogP contribution in [0.5, 0.6) is 0 Å². The minimum atomic E-state index is -3.94. The highest BCUT2D eigenvalue weighted by Crippen LogP contribution is 2.26. The molecule has 2 heterocycles. The number of halogens is 1. The van der Waals surface area contributed by atoms with Crippen LogP contribution in [0, 0.1) is 13.8 Å². The van der Waals surface area contributed by atoms with Crippen molar-refractivity contribution in [1.29, 1.82) is 0 Å². The average molecular weight is 394 g/mol. The number of aromatic nitrogens is 4. The summed E-state index contributed by atoms with van der Waals surface area (Å²) < 4.78 is 23.1. The van der Waals surface area contributed by atoms with Crippen molar-refractivity contribution in [3.8, 4) is 0 Å². The van der Waals surface area contributed by atoms with Gasteiger partial charge in [0, 0.05) is 23.1 Å². The lowest BCUT2D eigenvalue weighted by atomic mass is 10.3. The summed E-state index contributed by atoms with van der Waals surface area (Å²) in [6.07, 6.45) is 1.56. The lowest BCUT2D eigenvalue weighted by molar-refractivity contribution is 0.598. The molecule has 0 saturated heterocycles. The monoisotopic (exact) mass is 393 g/mol. The van der Waals surface area contributed by atoms with Gasteiger partial charge in [0.25, 0.3) is 0 Å². The van der Waals surface area contributed by atoms with Crippen LogP contribution in [0.15, 0.2) is 35.4 Å². The van der Waals surface area contributed by atoms with E-state index in [0.29, 0.717) is 17.3 Å². The molecule has 26 heavy (non-hydrogen) atoms. The minimum Gasteiger partial charge on any atom is -0.324 e. The van der Waals surface area contributed by atoms with Gasteiger partial charge < -0.3 is 10.6 Å². The summed E-state index contributed by atoms with van der Waals surface area (Å²) in [5.74, 6) is 1.45. The quantitative estimate of drug-likeness (QED) is 0.522. The molecule has 1 aromatic carbocycles. The molecular weight excluding hydrogens is 378 g/mol. The molecule has 0 amide bonds. The summed E-state index contributed by atoms with van der Waals surface area (Å²) in [6.45, 7) is 3.86. The number of hydrogen-bond donors (Lipinski definition) is 4. The largest absolute Gasteiger partial charge is 0.324 e. The number of primary sulfonamides is 1. The van der Waals surface area contributed by atoms with Crippen molar-refractivity contribution in [1.82, 2.24) is 20.2 Å². The Morgan fingerprint density at radius 2 is 1.96 bits per heavy atom. The minimum absolute atomic E-state index is 0.0405. The maximum absolute atomic E-state index is 11.6. The molecule has 136 valence electrons. The Bertz CT molecular complexity index is 1070. The van der Waals surface area contributed by atoms with Gasteiger partial charge in [-0.05, 0) is 38.1 Å². The van der Waals surface area contributed by atoms with Gasteiger partial charge in [-0.2, -0.15) is 10.1 Å². The summed E-state index contributed by atoms with van der Waals surface area (Å²) in [5.41, 5.74) is 2.37. The van der Waals surface area contributed by atoms with Gasteiger partial charge in [0.2, 0.25) is 16.0 Å². The summed E-state index contributed by atoms with van der Waals surface area (Å²) in [5, 5.41) is 18.3. The number of sulfonamides is 1. The number of aromatic amines is 1. The number of aryl methyl sites for hydroxylation is 1. The van der Waals surface area contributed by atoms with Crippen molar-refractivity contribution in [2.75, 3.05) is 10.6 Å². The second-order valence-electron chi connectivity index (χ2n) is 5.53. The van der Waals surface area contributed by atoms with E-state index >= 15 is 0 Å². The molecule has 0 aliphatic carbocycles. The second kappa shape index (κ2) is 6.90. The molecule has 9 nitrogen and oxygen atoms in total. The fourth-order valence-corrected chi connectivity index (χ4v) is 3.22. The lowest BCUT2D eigenvalue weighted by Crippen LogP contribution is -2.13. The van der Waals surface area contributed by atoms with Crippen molar-refractivity contribution >= 4 is 44.9 Å². The highest BCUT2D eigenvalue weighted by Gasteiger charge is 2.14. The molecule has 2 aromatic heterocycles. The zero-order valence-electron chi connectivity index (χ0n) is 13.9. The molecule has 5 N–H and O–H groups in total. The van der Waals surface area contributed by atoms with E-state index in [1.807, 2.05) is 13.8 Å². The van der Waals surface area contributed by atoms with Gasteiger partial charge >= 0.3 is 0 Å². The van der Waals surface area contributed by atoms with Crippen LogP contribution in [-0.2, 0) is 10.0 Å². The van der Waals surface area contributed by atoms with E-state index in [-0.39, 0.29) is 15.9 Å². The zero-order chi connectivity index (χ0) is 18.9. The molecule has 0 saturated carbocycles. The van der Waals surface area contributed by atoms with E-state index in [4.69, 9.17) is 16.7 Å². The Hall–Kier alpha value is -2.69. The number of nitrogens with two attached hydrogens (primary N) is 1. The molecule has 0 radical (unpaired) electrons. The highest BCUT2D eigenvalue weighted by atomic mass is 35.5. The Labute approximate surface area is 155 Å². The molecule has 0 fully saturated rings. The number of nitrogens with zero attached hydrogens (tertiary/aromatic N) is 3. The Balaban J connectivity index is 1.84. The van der Waals surface area contributed by atoms with Crippen LogP contribution in [0.4, 0.5) is 23.3 Å². The number of H-pyrrole nitrogens is 1. The van der Waals surface area contributed by atoms with Crippen LogP contribution in [0.25, 0.3) is 0 Å². The number of rotatable bonds is 5. The molecular formula is C15H16ClN7O2S. The molecule has 0 atom stereocenters. The molecule has 0 aliphatic rings. The van der Waals surface area contributed by atoms with E-state index in [0.717, 1.165) is 11.3 Å². The van der Waals surface area contributed by atoms with Gasteiger partial charge in [0.1, 0.15) is 10.7 Å². The lowest BCUT2D eigenvalue weighted by Gasteiger charge is -2.09. The Morgan fingerprint density at radius 1 is 1.19 bits per heavy atom. The van der Waals surface area contributed by atoms with E-state index in [9.17, 15) is 8.42 Å². The molecule has 0 unspecified atom stereocenters.